The molecule has 0 unspecified atom stereocenters. The minimum Gasteiger partial charge on any atom is -0.497 e. The number of aliphatic hydroxyl groups excluding tert-OH is 1. The number of hydrogen-bond donors (Lipinski definition) is 3. The molecule has 0 saturated carbocycles. The molecule has 0 radical (unpaired) electrons. The van der Waals surface area contributed by atoms with E-state index in [-0.39, 0.29) is 31.5 Å². The highest BCUT2D eigenvalue weighted by molar-refractivity contribution is 5.96. The Morgan fingerprint density at radius 3 is 2.44 bits per heavy atom. The monoisotopic (exact) mass is 252 g/mol. The third-order valence-electron chi connectivity index (χ3n) is 2.20. The Hall–Kier alpha value is -2.08. The average molecular weight is 252 g/mol. The van der Waals surface area contributed by atoms with E-state index in [9.17, 15) is 9.59 Å². The van der Waals surface area contributed by atoms with Crippen LogP contribution in [0.1, 0.15) is 10.4 Å². The summed E-state index contributed by atoms with van der Waals surface area (Å²) in [7, 11) is 1.54. The topological polar surface area (TPSA) is 87.7 Å². The molecule has 0 bridgehead atoms. The summed E-state index contributed by atoms with van der Waals surface area (Å²) in [5.74, 6) is -0.0186. The average Bonchev–Trinajstić information content (AvgIpc) is 2.42. The number of amides is 2. The molecule has 98 valence electrons. The third kappa shape index (κ3) is 4.42. The summed E-state index contributed by atoms with van der Waals surface area (Å²) in [6.07, 6.45) is 0. The van der Waals surface area contributed by atoms with Gasteiger partial charge in [0.1, 0.15) is 5.75 Å². The molecule has 0 aromatic heterocycles. The van der Waals surface area contributed by atoms with Crippen molar-refractivity contribution in [1.29, 1.82) is 0 Å². The quantitative estimate of drug-likeness (QED) is 0.639. The zero-order valence-electron chi connectivity index (χ0n) is 10.1. The van der Waals surface area contributed by atoms with Crippen LogP contribution in [0.5, 0.6) is 5.75 Å². The summed E-state index contributed by atoms with van der Waals surface area (Å²) >= 11 is 0. The molecular formula is C12H16N2O4. The normalized spacial score (nSPS) is 9.67. The molecule has 0 aliphatic carbocycles. The Kier molecular flexibility index (Phi) is 5.66. The van der Waals surface area contributed by atoms with Crippen LogP contribution in [-0.4, -0.2) is 43.7 Å². The van der Waals surface area contributed by atoms with E-state index in [0.29, 0.717) is 11.3 Å². The number of benzene rings is 1. The van der Waals surface area contributed by atoms with Crippen molar-refractivity contribution >= 4 is 11.8 Å². The standard InChI is InChI=1S/C12H16N2O4/c1-18-10-4-2-9(3-5-10)12(17)14-8-11(16)13-6-7-15/h2-5,15H,6-8H2,1H3,(H,13,16)(H,14,17). The predicted octanol–water partition coefficient (Wildman–Crippen LogP) is -0.466. The van der Waals surface area contributed by atoms with E-state index in [1.807, 2.05) is 0 Å². The second kappa shape index (κ2) is 7.29. The molecule has 6 heteroatoms. The van der Waals surface area contributed by atoms with Gasteiger partial charge in [0.05, 0.1) is 20.3 Å². The molecule has 6 nitrogen and oxygen atoms in total. The van der Waals surface area contributed by atoms with E-state index in [2.05, 4.69) is 10.6 Å². The predicted molar refractivity (Wildman–Crippen MR) is 65.4 cm³/mol. The summed E-state index contributed by atoms with van der Waals surface area (Å²) < 4.78 is 4.97. The van der Waals surface area contributed by atoms with E-state index < -0.39 is 0 Å². The van der Waals surface area contributed by atoms with Gasteiger partial charge < -0.3 is 20.5 Å². The minimum absolute atomic E-state index is 0.120. The number of methoxy groups -OCH3 is 1. The maximum absolute atomic E-state index is 11.6. The second-order valence-corrected chi connectivity index (χ2v) is 3.48. The lowest BCUT2D eigenvalue weighted by molar-refractivity contribution is -0.120. The van der Waals surface area contributed by atoms with Crippen LogP contribution in [-0.2, 0) is 4.79 Å². The lowest BCUT2D eigenvalue weighted by Crippen LogP contribution is -2.37. The fraction of sp³-hybridized carbons (Fsp3) is 0.333. The Morgan fingerprint density at radius 1 is 1.22 bits per heavy atom. The van der Waals surface area contributed by atoms with Gasteiger partial charge in [0.25, 0.3) is 5.91 Å². The van der Waals surface area contributed by atoms with E-state index in [0.717, 1.165) is 0 Å². The molecule has 18 heavy (non-hydrogen) atoms. The van der Waals surface area contributed by atoms with Gasteiger partial charge in [-0.05, 0) is 24.3 Å². The molecule has 0 saturated heterocycles. The molecule has 0 atom stereocenters. The van der Waals surface area contributed by atoms with E-state index in [1.54, 1.807) is 31.4 Å². The summed E-state index contributed by atoms with van der Waals surface area (Å²) in [6, 6.07) is 6.56. The van der Waals surface area contributed by atoms with Crippen molar-refractivity contribution < 1.29 is 19.4 Å². The van der Waals surface area contributed by atoms with Crippen LogP contribution < -0.4 is 15.4 Å². The van der Waals surface area contributed by atoms with Crippen LogP contribution in [0.15, 0.2) is 24.3 Å². The first-order chi connectivity index (χ1) is 8.67. The van der Waals surface area contributed by atoms with Crippen molar-refractivity contribution in [1.82, 2.24) is 10.6 Å². The van der Waals surface area contributed by atoms with Gasteiger partial charge in [-0.2, -0.15) is 0 Å². The van der Waals surface area contributed by atoms with Crippen molar-refractivity contribution in [2.24, 2.45) is 0 Å². The van der Waals surface area contributed by atoms with Crippen LogP contribution in [0.2, 0.25) is 0 Å². The van der Waals surface area contributed by atoms with Gasteiger partial charge in [0.15, 0.2) is 0 Å². The van der Waals surface area contributed by atoms with Crippen LogP contribution in [0.3, 0.4) is 0 Å². The molecule has 3 N–H and O–H groups in total. The van der Waals surface area contributed by atoms with Crippen LogP contribution in [0, 0.1) is 0 Å². The number of rotatable bonds is 6. The maximum atomic E-state index is 11.6. The smallest absolute Gasteiger partial charge is 0.251 e. The fourth-order valence-corrected chi connectivity index (χ4v) is 1.26. The van der Waals surface area contributed by atoms with Crippen molar-refractivity contribution in [2.75, 3.05) is 26.8 Å². The first-order valence-electron chi connectivity index (χ1n) is 5.47. The number of ether oxygens (including phenoxy) is 1. The molecule has 0 aliphatic heterocycles. The Labute approximate surface area is 105 Å². The maximum Gasteiger partial charge on any atom is 0.251 e. The summed E-state index contributed by atoms with van der Waals surface area (Å²) in [5.41, 5.74) is 0.450. The largest absolute Gasteiger partial charge is 0.497 e. The molecule has 0 heterocycles. The number of nitrogens with one attached hydrogen (secondary N) is 2. The summed E-state index contributed by atoms with van der Waals surface area (Å²) in [6.45, 7) is -0.0692. The Bertz CT molecular complexity index is 403. The molecule has 0 aliphatic rings. The van der Waals surface area contributed by atoms with Crippen LogP contribution in [0.4, 0.5) is 0 Å². The number of carbonyl (C=O) groups excluding carboxylic acids is 2. The second-order valence-electron chi connectivity index (χ2n) is 3.48. The number of carbonyl (C=O) groups is 2. The zero-order valence-corrected chi connectivity index (χ0v) is 10.1. The SMILES string of the molecule is COc1ccc(C(=O)NCC(=O)NCCO)cc1. The Morgan fingerprint density at radius 2 is 1.89 bits per heavy atom. The number of hydrogen-bond acceptors (Lipinski definition) is 4. The van der Waals surface area contributed by atoms with Gasteiger partial charge in [0, 0.05) is 12.1 Å². The molecular weight excluding hydrogens is 236 g/mol. The molecule has 1 rings (SSSR count). The van der Waals surface area contributed by atoms with Gasteiger partial charge in [-0.25, -0.2) is 0 Å². The summed E-state index contributed by atoms with van der Waals surface area (Å²) in [4.78, 5) is 22.8. The molecule has 0 fully saturated rings. The summed E-state index contributed by atoms with van der Waals surface area (Å²) in [5, 5.41) is 13.4. The van der Waals surface area contributed by atoms with E-state index in [4.69, 9.17) is 9.84 Å². The van der Waals surface area contributed by atoms with Gasteiger partial charge >= 0.3 is 0 Å². The first-order valence-corrected chi connectivity index (χ1v) is 5.47. The zero-order chi connectivity index (χ0) is 13.4. The lowest BCUT2D eigenvalue weighted by Gasteiger charge is -2.06. The molecule has 2 amide bonds. The minimum atomic E-state index is -0.342. The molecule has 1 aromatic carbocycles. The Balaban J connectivity index is 2.42. The van der Waals surface area contributed by atoms with Gasteiger partial charge in [-0.1, -0.05) is 0 Å². The lowest BCUT2D eigenvalue weighted by atomic mass is 10.2. The number of aliphatic hydroxyl groups is 1. The van der Waals surface area contributed by atoms with Crippen molar-refractivity contribution in [3.63, 3.8) is 0 Å². The van der Waals surface area contributed by atoms with Gasteiger partial charge in [-0.3, -0.25) is 9.59 Å². The molecule has 1 aromatic rings. The van der Waals surface area contributed by atoms with Crippen molar-refractivity contribution in [3.05, 3.63) is 29.8 Å². The van der Waals surface area contributed by atoms with Gasteiger partial charge in [0.2, 0.25) is 5.91 Å². The van der Waals surface area contributed by atoms with Crippen molar-refractivity contribution in [2.45, 2.75) is 0 Å². The van der Waals surface area contributed by atoms with E-state index >= 15 is 0 Å². The fourth-order valence-electron chi connectivity index (χ4n) is 1.26. The first kappa shape index (κ1) is 14.0. The molecule has 0 spiro atoms. The highest BCUT2D eigenvalue weighted by Crippen LogP contribution is 2.10. The highest BCUT2D eigenvalue weighted by atomic mass is 16.5. The highest BCUT2D eigenvalue weighted by Gasteiger charge is 2.07. The van der Waals surface area contributed by atoms with Crippen LogP contribution >= 0.6 is 0 Å². The van der Waals surface area contributed by atoms with Gasteiger partial charge in [-0.15, -0.1) is 0 Å². The van der Waals surface area contributed by atoms with E-state index in [1.165, 1.54) is 0 Å². The van der Waals surface area contributed by atoms with Crippen molar-refractivity contribution in [3.8, 4) is 5.75 Å². The van der Waals surface area contributed by atoms with Crippen LogP contribution in [0.25, 0.3) is 0 Å². The third-order valence-corrected chi connectivity index (χ3v) is 2.20.